The average Bonchev–Trinajstić information content (AvgIpc) is 2.47. The van der Waals surface area contributed by atoms with Crippen molar-refractivity contribution in [2.45, 2.75) is 6.92 Å². The number of nitro groups is 1. The number of hydrogen-bond donors (Lipinski definition) is 0. The van der Waals surface area contributed by atoms with Crippen LogP contribution in [-0.4, -0.2) is 54.6 Å². The Bertz CT molecular complexity index is 579. The van der Waals surface area contributed by atoms with E-state index in [0.717, 1.165) is 5.69 Å². The molecular weight excluding hydrogens is 284 g/mol. The third-order valence-electron chi connectivity index (χ3n) is 3.28. The predicted molar refractivity (Wildman–Crippen MR) is 74.1 cm³/mol. The monoisotopic (exact) mass is 300 g/mol. The van der Waals surface area contributed by atoms with Gasteiger partial charge in [0.25, 0.3) is 0 Å². The highest BCUT2D eigenvalue weighted by Gasteiger charge is 2.26. The van der Waals surface area contributed by atoms with Crippen molar-refractivity contribution >= 4 is 21.5 Å². The van der Waals surface area contributed by atoms with Gasteiger partial charge in [0, 0.05) is 32.2 Å². The highest BCUT2D eigenvalue weighted by atomic mass is 32.2. The fourth-order valence-corrected chi connectivity index (χ4v) is 3.17. The molecule has 0 aromatic carbocycles. The highest BCUT2D eigenvalue weighted by Crippen LogP contribution is 2.19. The fraction of sp³-hybridized carbons (Fsp3) is 0.545. The summed E-state index contributed by atoms with van der Waals surface area (Å²) in [6.07, 6.45) is 1.45. The van der Waals surface area contributed by atoms with Crippen molar-refractivity contribution in [2.75, 3.05) is 36.8 Å². The molecule has 110 valence electrons. The molecule has 1 aliphatic heterocycles. The Labute approximate surface area is 117 Å². The molecule has 0 radical (unpaired) electrons. The van der Waals surface area contributed by atoms with E-state index in [9.17, 15) is 18.5 Å². The van der Waals surface area contributed by atoms with E-state index < -0.39 is 14.9 Å². The summed E-state index contributed by atoms with van der Waals surface area (Å²) in [6, 6.07) is 2.99. The lowest BCUT2D eigenvalue weighted by molar-refractivity contribution is -0.389. The summed E-state index contributed by atoms with van der Waals surface area (Å²) in [7, 11) is -3.14. The molecule has 1 aromatic rings. The van der Waals surface area contributed by atoms with Gasteiger partial charge in [-0.25, -0.2) is 8.42 Å². The molecule has 8 nitrogen and oxygen atoms in total. The number of rotatable bonds is 4. The topological polar surface area (TPSA) is 96.7 Å². The van der Waals surface area contributed by atoms with Crippen LogP contribution in [0.3, 0.4) is 0 Å². The number of aromatic nitrogens is 1. The maximum absolute atomic E-state index is 11.7. The SMILES string of the molecule is CCS(=O)(=O)N1CCN(c2ccc([N+](=O)[O-])nc2)CC1. The van der Waals surface area contributed by atoms with E-state index in [0.29, 0.717) is 26.2 Å². The predicted octanol–water partition coefficient (Wildman–Crippen LogP) is 0.461. The molecular formula is C11H16N4O4S. The summed E-state index contributed by atoms with van der Waals surface area (Å²) in [5.41, 5.74) is 0.768. The number of sulfonamides is 1. The van der Waals surface area contributed by atoms with Gasteiger partial charge in [0.05, 0.1) is 11.4 Å². The molecule has 1 fully saturated rings. The van der Waals surface area contributed by atoms with Crippen molar-refractivity contribution in [1.29, 1.82) is 0 Å². The largest absolute Gasteiger partial charge is 0.366 e. The Morgan fingerprint density at radius 1 is 1.30 bits per heavy atom. The standard InChI is InChI=1S/C11H16N4O4S/c1-2-20(18,19)14-7-5-13(6-8-14)10-3-4-11(12-9-10)15(16)17/h3-4,9H,2,5-8H2,1H3. The van der Waals surface area contributed by atoms with Crippen LogP contribution >= 0.6 is 0 Å². The third kappa shape index (κ3) is 3.05. The molecule has 0 amide bonds. The Kier molecular flexibility index (Phi) is 4.19. The van der Waals surface area contributed by atoms with Crippen molar-refractivity contribution in [3.05, 3.63) is 28.4 Å². The van der Waals surface area contributed by atoms with Crippen LogP contribution in [0.25, 0.3) is 0 Å². The molecule has 9 heteroatoms. The minimum Gasteiger partial charge on any atom is -0.366 e. The normalized spacial score (nSPS) is 17.1. The first-order valence-corrected chi connectivity index (χ1v) is 7.88. The molecule has 20 heavy (non-hydrogen) atoms. The van der Waals surface area contributed by atoms with Crippen molar-refractivity contribution in [1.82, 2.24) is 9.29 Å². The fourth-order valence-electron chi connectivity index (χ4n) is 2.08. The number of hydrogen-bond acceptors (Lipinski definition) is 6. The lowest BCUT2D eigenvalue weighted by Crippen LogP contribution is -2.49. The van der Waals surface area contributed by atoms with E-state index in [-0.39, 0.29) is 11.6 Å². The molecule has 1 saturated heterocycles. The van der Waals surface area contributed by atoms with Gasteiger partial charge in [0.1, 0.15) is 0 Å². The van der Waals surface area contributed by atoms with Gasteiger partial charge in [0.15, 0.2) is 6.20 Å². The van der Waals surface area contributed by atoms with Crippen LogP contribution in [0.5, 0.6) is 0 Å². The zero-order valence-corrected chi connectivity index (χ0v) is 11.9. The van der Waals surface area contributed by atoms with Gasteiger partial charge in [-0.15, -0.1) is 0 Å². The number of pyridine rings is 1. The lowest BCUT2D eigenvalue weighted by Gasteiger charge is -2.34. The number of piperazine rings is 1. The second-order valence-corrected chi connectivity index (χ2v) is 6.68. The molecule has 0 spiro atoms. The second-order valence-electron chi connectivity index (χ2n) is 4.42. The molecule has 2 heterocycles. The summed E-state index contributed by atoms with van der Waals surface area (Å²) in [5, 5.41) is 10.5. The molecule has 0 saturated carbocycles. The molecule has 0 aliphatic carbocycles. The maximum Gasteiger partial charge on any atom is 0.363 e. The van der Waals surface area contributed by atoms with Crippen LogP contribution in [0.2, 0.25) is 0 Å². The number of nitrogens with zero attached hydrogens (tertiary/aromatic N) is 4. The summed E-state index contributed by atoms with van der Waals surface area (Å²) < 4.78 is 24.9. The third-order valence-corrected chi connectivity index (χ3v) is 5.16. The van der Waals surface area contributed by atoms with E-state index >= 15 is 0 Å². The van der Waals surface area contributed by atoms with Gasteiger partial charge in [0.2, 0.25) is 10.0 Å². The minimum atomic E-state index is -3.14. The molecule has 0 bridgehead atoms. The zero-order valence-electron chi connectivity index (χ0n) is 11.1. The summed E-state index contributed by atoms with van der Waals surface area (Å²) >= 11 is 0. The molecule has 0 atom stereocenters. The Morgan fingerprint density at radius 2 is 1.95 bits per heavy atom. The van der Waals surface area contributed by atoms with E-state index in [1.807, 2.05) is 4.90 Å². The summed E-state index contributed by atoms with van der Waals surface area (Å²) in [6.45, 7) is 3.58. The van der Waals surface area contributed by atoms with Crippen LogP contribution in [0.4, 0.5) is 11.5 Å². The Balaban J connectivity index is 2.02. The molecule has 1 aliphatic rings. The van der Waals surface area contributed by atoms with Crippen LogP contribution < -0.4 is 4.90 Å². The van der Waals surface area contributed by atoms with E-state index in [2.05, 4.69) is 4.98 Å². The van der Waals surface area contributed by atoms with Gasteiger partial charge in [-0.3, -0.25) is 0 Å². The van der Waals surface area contributed by atoms with Gasteiger partial charge < -0.3 is 15.0 Å². The van der Waals surface area contributed by atoms with Crippen molar-refractivity contribution in [3.63, 3.8) is 0 Å². The van der Waals surface area contributed by atoms with Gasteiger partial charge in [-0.05, 0) is 22.9 Å². The molecule has 2 rings (SSSR count). The van der Waals surface area contributed by atoms with Crippen LogP contribution in [0.1, 0.15) is 6.92 Å². The van der Waals surface area contributed by atoms with Gasteiger partial charge in [-0.1, -0.05) is 0 Å². The van der Waals surface area contributed by atoms with Crippen molar-refractivity contribution in [2.24, 2.45) is 0 Å². The quantitative estimate of drug-likeness (QED) is 0.592. The first-order valence-electron chi connectivity index (χ1n) is 6.27. The Morgan fingerprint density at radius 3 is 2.40 bits per heavy atom. The van der Waals surface area contributed by atoms with E-state index in [4.69, 9.17) is 0 Å². The van der Waals surface area contributed by atoms with Crippen LogP contribution in [-0.2, 0) is 10.0 Å². The first-order chi connectivity index (χ1) is 9.44. The minimum absolute atomic E-state index is 0.103. The van der Waals surface area contributed by atoms with E-state index in [1.165, 1.54) is 16.6 Å². The summed E-state index contributed by atoms with van der Waals surface area (Å²) in [5.74, 6) is -0.0903. The zero-order chi connectivity index (χ0) is 14.8. The first kappa shape index (κ1) is 14.7. The molecule has 0 N–H and O–H groups in total. The lowest BCUT2D eigenvalue weighted by atomic mass is 10.3. The summed E-state index contributed by atoms with van der Waals surface area (Å²) in [4.78, 5) is 15.7. The number of anilines is 1. The average molecular weight is 300 g/mol. The Hall–Kier alpha value is -1.74. The smallest absolute Gasteiger partial charge is 0.363 e. The highest BCUT2D eigenvalue weighted by molar-refractivity contribution is 7.89. The van der Waals surface area contributed by atoms with Crippen molar-refractivity contribution < 1.29 is 13.3 Å². The van der Waals surface area contributed by atoms with Crippen molar-refractivity contribution in [3.8, 4) is 0 Å². The maximum atomic E-state index is 11.7. The van der Waals surface area contributed by atoms with Gasteiger partial charge >= 0.3 is 5.82 Å². The van der Waals surface area contributed by atoms with Crippen LogP contribution in [0, 0.1) is 10.1 Å². The van der Waals surface area contributed by atoms with E-state index in [1.54, 1.807) is 13.0 Å². The van der Waals surface area contributed by atoms with Crippen LogP contribution in [0.15, 0.2) is 18.3 Å². The molecule has 1 aromatic heterocycles. The van der Waals surface area contributed by atoms with Gasteiger partial charge in [-0.2, -0.15) is 4.31 Å². The second kappa shape index (κ2) is 5.71. The molecule has 0 unspecified atom stereocenters.